The monoisotopic (exact) mass is 223 g/mol. The van der Waals surface area contributed by atoms with Crippen LogP contribution >= 0.6 is 0 Å². The second-order valence-electron chi connectivity index (χ2n) is 4.68. The normalized spacial score (nSPS) is 16.9. The van der Waals surface area contributed by atoms with E-state index in [2.05, 4.69) is 29.9 Å². The number of rotatable bonds is 3. The molecule has 1 aliphatic rings. The van der Waals surface area contributed by atoms with Gasteiger partial charge in [-0.1, -0.05) is 27.7 Å². The smallest absolute Gasteiger partial charge is 0.0764 e. The van der Waals surface area contributed by atoms with Crippen molar-refractivity contribution in [1.82, 2.24) is 14.7 Å². The van der Waals surface area contributed by atoms with Gasteiger partial charge in [0.25, 0.3) is 0 Å². The Hall–Kier alpha value is -0.830. The van der Waals surface area contributed by atoms with E-state index in [0.717, 1.165) is 18.4 Å². The summed E-state index contributed by atoms with van der Waals surface area (Å²) in [5.41, 5.74) is 1.19. The van der Waals surface area contributed by atoms with Crippen LogP contribution in [-0.2, 0) is 13.6 Å². The molecule has 0 aliphatic carbocycles. The summed E-state index contributed by atoms with van der Waals surface area (Å²) in [4.78, 5) is 2.47. The van der Waals surface area contributed by atoms with Gasteiger partial charge < -0.3 is 0 Å². The highest BCUT2D eigenvalue weighted by Crippen LogP contribution is 2.24. The second kappa shape index (κ2) is 6.04. The minimum absolute atomic E-state index is 0.829. The van der Waals surface area contributed by atoms with Crippen LogP contribution in [0.25, 0.3) is 0 Å². The molecule has 16 heavy (non-hydrogen) atoms. The zero-order valence-electron chi connectivity index (χ0n) is 11.3. The molecule has 1 fully saturated rings. The first kappa shape index (κ1) is 13.2. The van der Waals surface area contributed by atoms with E-state index in [4.69, 9.17) is 0 Å². The predicted octanol–water partition coefficient (Wildman–Crippen LogP) is 2.53. The minimum atomic E-state index is 0.829. The van der Waals surface area contributed by atoms with Gasteiger partial charge in [-0.25, -0.2) is 0 Å². The zero-order valence-corrected chi connectivity index (χ0v) is 11.3. The van der Waals surface area contributed by atoms with Gasteiger partial charge in [0.05, 0.1) is 5.69 Å². The first-order valence-electron chi connectivity index (χ1n) is 6.36. The summed E-state index contributed by atoms with van der Waals surface area (Å²) in [7, 11) is 1.97. The molecule has 0 radical (unpaired) electrons. The topological polar surface area (TPSA) is 21.1 Å². The fraction of sp³-hybridized carbons (Fsp3) is 0.769. The fourth-order valence-corrected chi connectivity index (χ4v) is 1.94. The van der Waals surface area contributed by atoms with E-state index in [1.54, 1.807) is 0 Å². The second-order valence-corrected chi connectivity index (χ2v) is 4.68. The third-order valence-electron chi connectivity index (χ3n) is 3.08. The highest BCUT2D eigenvalue weighted by Gasteiger charge is 2.28. The Balaban J connectivity index is 0.000000606. The molecule has 0 aromatic carbocycles. The maximum absolute atomic E-state index is 4.38. The van der Waals surface area contributed by atoms with Gasteiger partial charge in [-0.05, 0) is 17.9 Å². The van der Waals surface area contributed by atoms with Gasteiger partial charge in [0, 0.05) is 32.9 Å². The first-order chi connectivity index (χ1) is 7.65. The zero-order chi connectivity index (χ0) is 12.1. The average Bonchev–Trinajstić information content (AvgIpc) is 2.60. The lowest BCUT2D eigenvalue weighted by Gasteiger charge is -2.41. The largest absolute Gasteiger partial charge is 0.297 e. The van der Waals surface area contributed by atoms with Crippen molar-refractivity contribution in [3.8, 4) is 0 Å². The van der Waals surface area contributed by atoms with Gasteiger partial charge in [-0.3, -0.25) is 9.58 Å². The third-order valence-corrected chi connectivity index (χ3v) is 3.08. The summed E-state index contributed by atoms with van der Waals surface area (Å²) in [6, 6.07) is 2.10. The van der Waals surface area contributed by atoms with Crippen molar-refractivity contribution in [2.75, 3.05) is 13.1 Å². The van der Waals surface area contributed by atoms with Gasteiger partial charge in [0.1, 0.15) is 0 Å². The summed E-state index contributed by atoms with van der Waals surface area (Å²) in [5.74, 6) is 1.73. The van der Waals surface area contributed by atoms with E-state index in [1.807, 2.05) is 31.8 Å². The van der Waals surface area contributed by atoms with Crippen LogP contribution < -0.4 is 0 Å². The van der Waals surface area contributed by atoms with E-state index < -0.39 is 0 Å². The molecule has 2 heterocycles. The van der Waals surface area contributed by atoms with Crippen molar-refractivity contribution >= 4 is 0 Å². The van der Waals surface area contributed by atoms with Crippen molar-refractivity contribution in [2.45, 2.75) is 34.2 Å². The highest BCUT2D eigenvalue weighted by atomic mass is 15.3. The van der Waals surface area contributed by atoms with Crippen molar-refractivity contribution in [3.63, 3.8) is 0 Å². The van der Waals surface area contributed by atoms with E-state index >= 15 is 0 Å². The van der Waals surface area contributed by atoms with E-state index in [0.29, 0.717) is 0 Å². The molecule has 92 valence electrons. The van der Waals surface area contributed by atoms with Crippen LogP contribution in [0.4, 0.5) is 0 Å². The molecule has 3 heteroatoms. The van der Waals surface area contributed by atoms with Gasteiger partial charge in [0.2, 0.25) is 0 Å². The minimum Gasteiger partial charge on any atom is -0.297 e. The molecule has 0 N–H and O–H groups in total. The van der Waals surface area contributed by atoms with Crippen molar-refractivity contribution < 1.29 is 0 Å². The Morgan fingerprint density at radius 3 is 2.44 bits per heavy atom. The number of hydrogen-bond donors (Lipinski definition) is 0. The Morgan fingerprint density at radius 2 is 2.00 bits per heavy atom. The number of nitrogens with zero attached hydrogens (tertiary/aromatic N) is 3. The maximum Gasteiger partial charge on any atom is 0.0764 e. The molecule has 1 aromatic rings. The summed E-state index contributed by atoms with van der Waals surface area (Å²) in [5, 5.41) is 4.38. The Kier molecular flexibility index (Phi) is 5.00. The standard InChI is InChI=1S/C11H19N3.C2H6/c1-9(2)10-6-14(7-10)8-11-4-5-13(3)12-11;1-2/h4-5,9-10H,6-8H2,1-3H3;1-2H3. The molecule has 0 unspecified atom stereocenters. The van der Waals surface area contributed by atoms with Crippen molar-refractivity contribution in [1.29, 1.82) is 0 Å². The van der Waals surface area contributed by atoms with Crippen LogP contribution in [-0.4, -0.2) is 27.8 Å². The summed E-state index contributed by atoms with van der Waals surface area (Å²) in [6.45, 7) is 12.1. The Morgan fingerprint density at radius 1 is 1.38 bits per heavy atom. The van der Waals surface area contributed by atoms with Crippen LogP contribution in [0, 0.1) is 11.8 Å². The molecule has 1 aliphatic heterocycles. The summed E-state index contributed by atoms with van der Waals surface area (Å²) < 4.78 is 1.87. The molecule has 1 saturated heterocycles. The van der Waals surface area contributed by atoms with Crippen LogP contribution in [0.5, 0.6) is 0 Å². The summed E-state index contributed by atoms with van der Waals surface area (Å²) >= 11 is 0. The Bertz CT molecular complexity index is 298. The van der Waals surface area contributed by atoms with Crippen molar-refractivity contribution in [2.24, 2.45) is 18.9 Å². The van der Waals surface area contributed by atoms with Crippen molar-refractivity contribution in [3.05, 3.63) is 18.0 Å². The molecule has 0 saturated carbocycles. The molecule has 0 atom stereocenters. The molecule has 3 nitrogen and oxygen atoms in total. The summed E-state index contributed by atoms with van der Waals surface area (Å²) in [6.07, 6.45) is 2.01. The molecular weight excluding hydrogens is 198 g/mol. The van der Waals surface area contributed by atoms with Gasteiger partial charge in [0.15, 0.2) is 0 Å². The van der Waals surface area contributed by atoms with Crippen LogP contribution in [0.2, 0.25) is 0 Å². The number of aromatic nitrogens is 2. The lowest BCUT2D eigenvalue weighted by Crippen LogP contribution is -2.48. The fourth-order valence-electron chi connectivity index (χ4n) is 1.94. The SMILES string of the molecule is CC.CC(C)C1CN(Cc2ccn(C)n2)C1. The lowest BCUT2D eigenvalue weighted by atomic mass is 9.88. The van der Waals surface area contributed by atoms with Crippen LogP contribution in [0.1, 0.15) is 33.4 Å². The molecule has 1 aromatic heterocycles. The number of likely N-dealkylation sites (tertiary alicyclic amines) is 1. The number of aryl methyl sites for hydroxylation is 1. The molecule has 2 rings (SSSR count). The quantitative estimate of drug-likeness (QED) is 0.785. The molecular formula is C13H25N3. The third kappa shape index (κ3) is 3.34. The molecule has 0 amide bonds. The van der Waals surface area contributed by atoms with E-state index in [1.165, 1.54) is 18.8 Å². The average molecular weight is 223 g/mol. The number of hydrogen-bond acceptors (Lipinski definition) is 2. The van der Waals surface area contributed by atoms with Gasteiger partial charge in [-0.15, -0.1) is 0 Å². The lowest BCUT2D eigenvalue weighted by molar-refractivity contribution is 0.0601. The molecule has 0 spiro atoms. The highest BCUT2D eigenvalue weighted by molar-refractivity contribution is 5.00. The van der Waals surface area contributed by atoms with E-state index in [9.17, 15) is 0 Å². The predicted molar refractivity (Wildman–Crippen MR) is 68.2 cm³/mol. The van der Waals surface area contributed by atoms with Gasteiger partial charge >= 0.3 is 0 Å². The van der Waals surface area contributed by atoms with Crippen LogP contribution in [0.15, 0.2) is 12.3 Å². The van der Waals surface area contributed by atoms with Crippen LogP contribution in [0.3, 0.4) is 0 Å². The maximum atomic E-state index is 4.38. The first-order valence-corrected chi connectivity index (χ1v) is 6.36. The van der Waals surface area contributed by atoms with E-state index in [-0.39, 0.29) is 0 Å². The Labute approximate surface area is 99.4 Å². The molecule has 0 bridgehead atoms. The van der Waals surface area contributed by atoms with Gasteiger partial charge in [-0.2, -0.15) is 5.10 Å².